The number of methoxy groups -OCH3 is 1. The van der Waals surface area contributed by atoms with Gasteiger partial charge in [0, 0.05) is 5.56 Å². The molecule has 0 saturated heterocycles. The molecule has 0 bridgehead atoms. The van der Waals surface area contributed by atoms with Gasteiger partial charge in [0.15, 0.2) is 11.6 Å². The van der Waals surface area contributed by atoms with Gasteiger partial charge in [0.05, 0.1) is 7.11 Å². The van der Waals surface area contributed by atoms with E-state index in [2.05, 4.69) is 5.32 Å². The highest BCUT2D eigenvalue weighted by Gasteiger charge is 2.24. The summed E-state index contributed by atoms with van der Waals surface area (Å²) in [4.78, 5) is 22.9. The number of rotatable bonds is 5. The van der Waals surface area contributed by atoms with Gasteiger partial charge in [-0.15, -0.1) is 0 Å². The molecule has 1 rings (SSSR count). The summed E-state index contributed by atoms with van der Waals surface area (Å²) in [5, 5.41) is 11.4. The molecule has 1 amide bonds. The van der Waals surface area contributed by atoms with Crippen LogP contribution in [0.3, 0.4) is 0 Å². The van der Waals surface area contributed by atoms with Gasteiger partial charge in [0.1, 0.15) is 6.04 Å². The van der Waals surface area contributed by atoms with Gasteiger partial charge in [0.25, 0.3) is 5.91 Å². The molecule has 0 spiro atoms. The lowest BCUT2D eigenvalue weighted by molar-refractivity contribution is -0.140. The van der Waals surface area contributed by atoms with Gasteiger partial charge in [0.2, 0.25) is 0 Å². The SMILES string of the molecule is COc1cc(C(=O)N[C@H](C(=O)O)C(C)C)ccc1F. The number of halogens is 1. The van der Waals surface area contributed by atoms with Crippen molar-refractivity contribution in [3.05, 3.63) is 29.6 Å². The van der Waals surface area contributed by atoms with Gasteiger partial charge >= 0.3 is 5.97 Å². The van der Waals surface area contributed by atoms with Crippen molar-refractivity contribution in [2.45, 2.75) is 19.9 Å². The Hall–Kier alpha value is -2.11. The number of carbonyl (C=O) groups excluding carboxylic acids is 1. The van der Waals surface area contributed by atoms with Crippen LogP contribution in [0.15, 0.2) is 18.2 Å². The molecule has 1 aromatic carbocycles. The van der Waals surface area contributed by atoms with E-state index < -0.39 is 23.7 Å². The van der Waals surface area contributed by atoms with E-state index in [1.54, 1.807) is 13.8 Å². The molecule has 0 aliphatic heterocycles. The van der Waals surface area contributed by atoms with Crippen molar-refractivity contribution < 1.29 is 23.8 Å². The van der Waals surface area contributed by atoms with Gasteiger partial charge in [-0.2, -0.15) is 0 Å². The molecule has 0 aliphatic carbocycles. The number of hydrogen-bond acceptors (Lipinski definition) is 3. The molecule has 0 aromatic heterocycles. The Balaban J connectivity index is 2.91. The summed E-state index contributed by atoms with van der Waals surface area (Å²) in [6.45, 7) is 3.37. The van der Waals surface area contributed by atoms with E-state index in [1.807, 2.05) is 0 Å². The number of hydrogen-bond donors (Lipinski definition) is 2. The average Bonchev–Trinajstić information content (AvgIpc) is 2.35. The molecule has 2 N–H and O–H groups in total. The molecule has 0 heterocycles. The number of nitrogens with one attached hydrogen (secondary N) is 1. The third kappa shape index (κ3) is 3.67. The topological polar surface area (TPSA) is 75.6 Å². The molecule has 5 nitrogen and oxygen atoms in total. The van der Waals surface area contributed by atoms with E-state index in [9.17, 15) is 14.0 Å². The molecule has 1 aromatic rings. The molecule has 6 heteroatoms. The van der Waals surface area contributed by atoms with E-state index in [-0.39, 0.29) is 17.2 Å². The zero-order valence-corrected chi connectivity index (χ0v) is 10.9. The summed E-state index contributed by atoms with van der Waals surface area (Å²) >= 11 is 0. The standard InChI is InChI=1S/C13H16FNO4/c1-7(2)11(13(17)18)15-12(16)8-4-5-9(14)10(6-8)19-3/h4-7,11H,1-3H3,(H,15,16)(H,17,18)/t11-/m0/s1. The van der Waals surface area contributed by atoms with E-state index in [4.69, 9.17) is 9.84 Å². The van der Waals surface area contributed by atoms with Gasteiger partial charge in [-0.25, -0.2) is 9.18 Å². The maximum atomic E-state index is 13.2. The number of carbonyl (C=O) groups is 2. The van der Waals surface area contributed by atoms with Crippen molar-refractivity contribution in [2.75, 3.05) is 7.11 Å². The molecule has 0 radical (unpaired) electrons. The van der Waals surface area contributed by atoms with Crippen LogP contribution in [0.25, 0.3) is 0 Å². The fourth-order valence-electron chi connectivity index (χ4n) is 1.54. The minimum absolute atomic E-state index is 0.0657. The van der Waals surface area contributed by atoms with Crippen LogP contribution in [0.4, 0.5) is 4.39 Å². The Labute approximate surface area is 110 Å². The Morgan fingerprint density at radius 2 is 2.00 bits per heavy atom. The van der Waals surface area contributed by atoms with Crippen LogP contribution >= 0.6 is 0 Å². The predicted molar refractivity (Wildman–Crippen MR) is 66.7 cm³/mol. The lowest BCUT2D eigenvalue weighted by atomic mass is 10.0. The lowest BCUT2D eigenvalue weighted by Gasteiger charge is -2.18. The van der Waals surface area contributed by atoms with Crippen molar-refractivity contribution in [2.24, 2.45) is 5.92 Å². The second-order valence-corrected chi connectivity index (χ2v) is 4.38. The van der Waals surface area contributed by atoms with Crippen LogP contribution in [-0.4, -0.2) is 30.1 Å². The highest BCUT2D eigenvalue weighted by atomic mass is 19.1. The van der Waals surface area contributed by atoms with Crippen molar-refractivity contribution >= 4 is 11.9 Å². The minimum Gasteiger partial charge on any atom is -0.494 e. The summed E-state index contributed by atoms with van der Waals surface area (Å²) in [7, 11) is 1.29. The molecule has 104 valence electrons. The molecule has 0 fully saturated rings. The Kier molecular flexibility index (Phi) is 4.86. The first-order valence-corrected chi connectivity index (χ1v) is 5.74. The van der Waals surface area contributed by atoms with Crippen LogP contribution in [0.5, 0.6) is 5.75 Å². The van der Waals surface area contributed by atoms with Crippen molar-refractivity contribution in [1.29, 1.82) is 0 Å². The lowest BCUT2D eigenvalue weighted by Crippen LogP contribution is -2.44. The van der Waals surface area contributed by atoms with Gasteiger partial charge in [-0.3, -0.25) is 4.79 Å². The smallest absolute Gasteiger partial charge is 0.326 e. The van der Waals surface area contributed by atoms with E-state index in [0.717, 1.165) is 6.07 Å². The molecular weight excluding hydrogens is 253 g/mol. The summed E-state index contributed by atoms with van der Waals surface area (Å²) in [6.07, 6.45) is 0. The minimum atomic E-state index is -1.11. The van der Waals surface area contributed by atoms with Crippen LogP contribution in [0.2, 0.25) is 0 Å². The largest absolute Gasteiger partial charge is 0.494 e. The molecule has 0 unspecified atom stereocenters. The van der Waals surface area contributed by atoms with Crippen LogP contribution in [0, 0.1) is 11.7 Å². The number of benzene rings is 1. The third-order valence-corrected chi connectivity index (χ3v) is 2.63. The highest BCUT2D eigenvalue weighted by Crippen LogP contribution is 2.18. The predicted octanol–water partition coefficient (Wildman–Crippen LogP) is 1.67. The van der Waals surface area contributed by atoms with Crippen LogP contribution in [-0.2, 0) is 4.79 Å². The first-order chi connectivity index (χ1) is 8.86. The summed E-state index contributed by atoms with van der Waals surface area (Å²) in [6, 6.07) is 2.60. The maximum absolute atomic E-state index is 13.2. The number of amides is 1. The maximum Gasteiger partial charge on any atom is 0.326 e. The summed E-state index contributed by atoms with van der Waals surface area (Å²) in [5.74, 6) is -2.61. The quantitative estimate of drug-likeness (QED) is 0.852. The van der Waals surface area contributed by atoms with E-state index in [0.29, 0.717) is 0 Å². The fraction of sp³-hybridized carbons (Fsp3) is 0.385. The zero-order valence-electron chi connectivity index (χ0n) is 10.9. The van der Waals surface area contributed by atoms with Crippen molar-refractivity contribution in [3.63, 3.8) is 0 Å². The number of carboxylic acid groups (broad SMARTS) is 1. The molecule has 1 atom stereocenters. The van der Waals surface area contributed by atoms with E-state index >= 15 is 0 Å². The second-order valence-electron chi connectivity index (χ2n) is 4.38. The molecular formula is C13H16FNO4. The van der Waals surface area contributed by atoms with Gasteiger partial charge in [-0.05, 0) is 24.1 Å². The van der Waals surface area contributed by atoms with Crippen molar-refractivity contribution in [1.82, 2.24) is 5.32 Å². The van der Waals surface area contributed by atoms with E-state index in [1.165, 1.54) is 19.2 Å². The fourth-order valence-corrected chi connectivity index (χ4v) is 1.54. The number of ether oxygens (including phenoxy) is 1. The first-order valence-electron chi connectivity index (χ1n) is 5.74. The third-order valence-electron chi connectivity index (χ3n) is 2.63. The van der Waals surface area contributed by atoms with Crippen LogP contribution < -0.4 is 10.1 Å². The number of carboxylic acids is 1. The summed E-state index contributed by atoms with van der Waals surface area (Å²) in [5.41, 5.74) is 0.144. The zero-order chi connectivity index (χ0) is 14.6. The Morgan fingerprint density at radius 3 is 2.47 bits per heavy atom. The molecule has 0 saturated carbocycles. The average molecular weight is 269 g/mol. The molecule has 0 aliphatic rings. The molecule has 19 heavy (non-hydrogen) atoms. The van der Waals surface area contributed by atoms with Gasteiger partial charge in [-0.1, -0.05) is 13.8 Å². The normalized spacial score (nSPS) is 12.1. The van der Waals surface area contributed by atoms with Crippen molar-refractivity contribution in [3.8, 4) is 5.75 Å². The second kappa shape index (κ2) is 6.17. The highest BCUT2D eigenvalue weighted by molar-refractivity contribution is 5.97. The Bertz CT molecular complexity index is 488. The number of aliphatic carboxylic acids is 1. The summed E-state index contributed by atoms with van der Waals surface area (Å²) < 4.78 is 18.0. The Morgan fingerprint density at radius 1 is 1.37 bits per heavy atom. The van der Waals surface area contributed by atoms with Crippen LogP contribution in [0.1, 0.15) is 24.2 Å². The van der Waals surface area contributed by atoms with Gasteiger partial charge < -0.3 is 15.2 Å². The first kappa shape index (κ1) is 14.9. The monoisotopic (exact) mass is 269 g/mol.